The van der Waals surface area contributed by atoms with Crippen LogP contribution in [-0.2, 0) is 6.61 Å². The van der Waals surface area contributed by atoms with Gasteiger partial charge in [-0.1, -0.05) is 35.9 Å². The number of para-hydroxylation sites is 1. The molecular formula is C22H18ClNO4. The van der Waals surface area contributed by atoms with Gasteiger partial charge in [-0.25, -0.2) is 4.79 Å². The second-order valence-electron chi connectivity index (χ2n) is 5.91. The van der Waals surface area contributed by atoms with Crippen LogP contribution in [0.3, 0.4) is 0 Å². The number of carboxylic acid groups (broad SMARTS) is 1. The summed E-state index contributed by atoms with van der Waals surface area (Å²) in [5.41, 5.74) is 2.63. The molecule has 3 aromatic rings. The molecule has 0 spiro atoms. The van der Waals surface area contributed by atoms with Gasteiger partial charge in [0.05, 0.1) is 23.4 Å². The van der Waals surface area contributed by atoms with E-state index in [2.05, 4.69) is 4.99 Å². The number of ether oxygens (including phenoxy) is 2. The predicted molar refractivity (Wildman–Crippen MR) is 109 cm³/mol. The molecule has 6 heteroatoms. The zero-order valence-electron chi connectivity index (χ0n) is 15.1. The molecule has 0 radical (unpaired) electrons. The SMILES string of the molecule is COc1cc(C=Nc2ccccc2Cl)ccc1OCc1ccc(C(=O)O)cc1. The third-order valence-electron chi connectivity index (χ3n) is 3.99. The van der Waals surface area contributed by atoms with Crippen molar-refractivity contribution < 1.29 is 19.4 Å². The number of nitrogens with zero attached hydrogens (tertiary/aromatic N) is 1. The Morgan fingerprint density at radius 1 is 1.07 bits per heavy atom. The van der Waals surface area contributed by atoms with E-state index in [0.29, 0.717) is 28.8 Å². The molecule has 142 valence electrons. The van der Waals surface area contributed by atoms with Crippen LogP contribution in [-0.4, -0.2) is 24.4 Å². The van der Waals surface area contributed by atoms with Gasteiger partial charge in [-0.15, -0.1) is 0 Å². The summed E-state index contributed by atoms with van der Waals surface area (Å²) < 4.78 is 11.2. The molecule has 0 amide bonds. The van der Waals surface area contributed by atoms with Gasteiger partial charge in [0, 0.05) is 6.21 Å². The molecular weight excluding hydrogens is 378 g/mol. The van der Waals surface area contributed by atoms with Crippen LogP contribution in [0.1, 0.15) is 21.5 Å². The van der Waals surface area contributed by atoms with Crippen molar-refractivity contribution >= 4 is 29.5 Å². The first-order valence-corrected chi connectivity index (χ1v) is 8.86. The smallest absolute Gasteiger partial charge is 0.335 e. The van der Waals surface area contributed by atoms with E-state index in [1.807, 2.05) is 30.3 Å². The summed E-state index contributed by atoms with van der Waals surface area (Å²) in [6.45, 7) is 0.295. The highest BCUT2D eigenvalue weighted by atomic mass is 35.5. The largest absolute Gasteiger partial charge is 0.493 e. The van der Waals surface area contributed by atoms with Crippen molar-refractivity contribution in [2.24, 2.45) is 4.99 Å². The van der Waals surface area contributed by atoms with Crippen LogP contribution in [0.15, 0.2) is 71.7 Å². The Hall–Kier alpha value is -3.31. The van der Waals surface area contributed by atoms with Crippen molar-refractivity contribution in [2.75, 3.05) is 7.11 Å². The van der Waals surface area contributed by atoms with Crippen molar-refractivity contribution in [2.45, 2.75) is 6.61 Å². The fourth-order valence-corrected chi connectivity index (χ4v) is 2.67. The Labute approximate surface area is 167 Å². The molecule has 3 rings (SSSR count). The van der Waals surface area contributed by atoms with Crippen molar-refractivity contribution in [3.05, 3.63) is 88.4 Å². The summed E-state index contributed by atoms with van der Waals surface area (Å²) in [5, 5.41) is 9.53. The maximum Gasteiger partial charge on any atom is 0.335 e. The van der Waals surface area contributed by atoms with Gasteiger partial charge in [-0.3, -0.25) is 4.99 Å². The third kappa shape index (κ3) is 4.90. The topological polar surface area (TPSA) is 68.1 Å². The lowest BCUT2D eigenvalue weighted by atomic mass is 10.1. The summed E-state index contributed by atoms with van der Waals surface area (Å²) in [6.07, 6.45) is 1.71. The number of carboxylic acids is 1. The van der Waals surface area contributed by atoms with Crippen LogP contribution in [0.5, 0.6) is 11.5 Å². The van der Waals surface area contributed by atoms with Gasteiger partial charge >= 0.3 is 5.97 Å². The Morgan fingerprint density at radius 2 is 1.82 bits per heavy atom. The first-order chi connectivity index (χ1) is 13.6. The third-order valence-corrected chi connectivity index (χ3v) is 4.31. The van der Waals surface area contributed by atoms with Crippen LogP contribution in [0.25, 0.3) is 0 Å². The molecule has 0 saturated heterocycles. The maximum absolute atomic E-state index is 10.9. The Kier molecular flexibility index (Phi) is 6.29. The summed E-state index contributed by atoms with van der Waals surface area (Å²) in [6, 6.07) is 19.4. The summed E-state index contributed by atoms with van der Waals surface area (Å²) in [7, 11) is 1.57. The molecule has 3 aromatic carbocycles. The average molecular weight is 396 g/mol. The van der Waals surface area contributed by atoms with Crippen molar-refractivity contribution in [3.8, 4) is 11.5 Å². The van der Waals surface area contributed by atoms with Gasteiger partial charge < -0.3 is 14.6 Å². The molecule has 0 aromatic heterocycles. The molecule has 5 nitrogen and oxygen atoms in total. The zero-order valence-corrected chi connectivity index (χ0v) is 15.9. The van der Waals surface area contributed by atoms with Crippen LogP contribution in [0, 0.1) is 0 Å². The lowest BCUT2D eigenvalue weighted by Gasteiger charge is -2.11. The van der Waals surface area contributed by atoms with Crippen molar-refractivity contribution in [1.82, 2.24) is 0 Å². The van der Waals surface area contributed by atoms with Gasteiger partial charge in [-0.2, -0.15) is 0 Å². The van der Waals surface area contributed by atoms with E-state index >= 15 is 0 Å². The monoisotopic (exact) mass is 395 g/mol. The predicted octanol–water partition coefficient (Wildman–Crippen LogP) is 5.38. The number of aromatic carboxylic acids is 1. The van der Waals surface area contributed by atoms with Gasteiger partial charge in [-0.05, 0) is 53.6 Å². The number of hydrogen-bond donors (Lipinski definition) is 1. The van der Waals surface area contributed by atoms with Gasteiger partial charge in [0.25, 0.3) is 0 Å². The van der Waals surface area contributed by atoms with E-state index in [1.54, 1.807) is 49.7 Å². The van der Waals surface area contributed by atoms with Crippen LogP contribution in [0.4, 0.5) is 5.69 Å². The molecule has 0 saturated carbocycles. The van der Waals surface area contributed by atoms with E-state index in [1.165, 1.54) is 0 Å². The van der Waals surface area contributed by atoms with E-state index in [9.17, 15) is 4.79 Å². The van der Waals surface area contributed by atoms with Crippen LogP contribution < -0.4 is 9.47 Å². The molecule has 0 aliphatic carbocycles. The minimum atomic E-state index is -0.955. The number of aliphatic imine (C=N–C) groups is 1. The molecule has 0 fully saturated rings. The highest BCUT2D eigenvalue weighted by molar-refractivity contribution is 6.33. The molecule has 0 bridgehead atoms. The number of rotatable bonds is 7. The lowest BCUT2D eigenvalue weighted by Crippen LogP contribution is -2.00. The van der Waals surface area contributed by atoms with Crippen LogP contribution in [0.2, 0.25) is 5.02 Å². The Bertz CT molecular complexity index is 1000. The van der Waals surface area contributed by atoms with Gasteiger partial charge in [0.1, 0.15) is 6.61 Å². The highest BCUT2D eigenvalue weighted by Crippen LogP contribution is 2.29. The number of hydrogen-bond acceptors (Lipinski definition) is 4. The second-order valence-corrected chi connectivity index (χ2v) is 6.32. The molecule has 0 unspecified atom stereocenters. The van der Waals surface area contributed by atoms with E-state index in [0.717, 1.165) is 11.1 Å². The quantitative estimate of drug-likeness (QED) is 0.545. The number of benzene rings is 3. The fraction of sp³-hybridized carbons (Fsp3) is 0.0909. The highest BCUT2D eigenvalue weighted by Gasteiger charge is 2.07. The first-order valence-electron chi connectivity index (χ1n) is 8.48. The van der Waals surface area contributed by atoms with E-state index in [-0.39, 0.29) is 5.56 Å². The normalized spacial score (nSPS) is 10.8. The molecule has 0 atom stereocenters. The zero-order chi connectivity index (χ0) is 19.9. The Morgan fingerprint density at radius 3 is 2.50 bits per heavy atom. The van der Waals surface area contributed by atoms with Gasteiger partial charge in [0.2, 0.25) is 0 Å². The summed E-state index contributed by atoms with van der Waals surface area (Å²) in [4.78, 5) is 15.3. The molecule has 28 heavy (non-hydrogen) atoms. The Balaban J connectivity index is 1.70. The molecule has 0 heterocycles. The number of carbonyl (C=O) groups is 1. The molecule has 0 aliphatic heterocycles. The van der Waals surface area contributed by atoms with Crippen molar-refractivity contribution in [3.63, 3.8) is 0 Å². The average Bonchev–Trinajstić information content (AvgIpc) is 2.72. The minimum absolute atomic E-state index is 0.239. The molecule has 1 N–H and O–H groups in total. The molecule has 0 aliphatic rings. The van der Waals surface area contributed by atoms with Crippen LogP contribution >= 0.6 is 11.6 Å². The minimum Gasteiger partial charge on any atom is -0.493 e. The summed E-state index contributed by atoms with van der Waals surface area (Å²) in [5.74, 6) is 0.202. The van der Waals surface area contributed by atoms with E-state index in [4.69, 9.17) is 26.2 Å². The first kappa shape index (κ1) is 19.5. The van der Waals surface area contributed by atoms with Crippen molar-refractivity contribution in [1.29, 1.82) is 0 Å². The van der Waals surface area contributed by atoms with Gasteiger partial charge in [0.15, 0.2) is 11.5 Å². The maximum atomic E-state index is 10.9. The summed E-state index contributed by atoms with van der Waals surface area (Å²) >= 11 is 6.11. The fourth-order valence-electron chi connectivity index (χ4n) is 2.49. The van der Waals surface area contributed by atoms with E-state index < -0.39 is 5.97 Å². The standard InChI is InChI=1S/C22H18ClNO4/c1-27-21-12-16(13-24-19-5-3-2-4-18(19)23)8-11-20(21)28-14-15-6-9-17(10-7-15)22(25)26/h2-13H,14H2,1H3,(H,25,26). The number of halogens is 1. The lowest BCUT2D eigenvalue weighted by molar-refractivity contribution is 0.0697. The second kappa shape index (κ2) is 9.06. The number of methoxy groups -OCH3 is 1.